The number of hydrogen-bond acceptors (Lipinski definition) is 5. The SMILES string of the molecule is CCOc1nc(Cl)nc(Sc2ccccc2Cl)n1. The highest BCUT2D eigenvalue weighted by atomic mass is 35.5. The summed E-state index contributed by atoms with van der Waals surface area (Å²) >= 11 is 13.2. The van der Waals surface area contributed by atoms with Crippen LogP contribution in [0.5, 0.6) is 6.01 Å². The lowest BCUT2D eigenvalue weighted by Crippen LogP contribution is -2.00. The topological polar surface area (TPSA) is 47.9 Å². The molecule has 0 saturated heterocycles. The van der Waals surface area contributed by atoms with Crippen molar-refractivity contribution in [3.63, 3.8) is 0 Å². The van der Waals surface area contributed by atoms with Crippen LogP contribution in [-0.4, -0.2) is 21.6 Å². The van der Waals surface area contributed by atoms with Crippen molar-refractivity contribution >= 4 is 35.0 Å². The lowest BCUT2D eigenvalue weighted by Gasteiger charge is -2.05. The summed E-state index contributed by atoms with van der Waals surface area (Å²) in [5.41, 5.74) is 0. The number of halogens is 2. The van der Waals surface area contributed by atoms with Gasteiger partial charge in [0.2, 0.25) is 5.28 Å². The van der Waals surface area contributed by atoms with E-state index in [0.717, 1.165) is 4.90 Å². The molecule has 0 N–H and O–H groups in total. The van der Waals surface area contributed by atoms with Crippen LogP contribution in [0.1, 0.15) is 6.92 Å². The molecule has 0 aliphatic heterocycles. The molecule has 18 heavy (non-hydrogen) atoms. The molecule has 0 aliphatic rings. The lowest BCUT2D eigenvalue weighted by molar-refractivity contribution is 0.307. The minimum Gasteiger partial charge on any atom is -0.464 e. The molecule has 1 aromatic heterocycles. The molecule has 2 aromatic rings. The number of nitrogens with zero attached hydrogens (tertiary/aromatic N) is 3. The zero-order valence-electron chi connectivity index (χ0n) is 9.43. The van der Waals surface area contributed by atoms with Gasteiger partial charge in [0.15, 0.2) is 5.16 Å². The minimum absolute atomic E-state index is 0.100. The number of hydrogen-bond donors (Lipinski definition) is 0. The summed E-state index contributed by atoms with van der Waals surface area (Å²) in [4.78, 5) is 12.9. The third-order valence-corrected chi connectivity index (χ3v) is 3.43. The standard InChI is InChI=1S/C11H9Cl2N3OS/c1-2-17-10-14-9(13)15-11(16-10)18-8-6-4-3-5-7(8)12/h3-6H,2H2,1H3. The van der Waals surface area contributed by atoms with Crippen LogP contribution in [0.2, 0.25) is 10.3 Å². The second kappa shape index (κ2) is 6.22. The average molecular weight is 302 g/mol. The Morgan fingerprint density at radius 3 is 2.67 bits per heavy atom. The van der Waals surface area contributed by atoms with Crippen LogP contribution < -0.4 is 4.74 Å². The Hall–Kier alpha value is -1.04. The van der Waals surface area contributed by atoms with Gasteiger partial charge in [0, 0.05) is 4.90 Å². The first-order chi connectivity index (χ1) is 8.69. The van der Waals surface area contributed by atoms with Crippen molar-refractivity contribution in [3.8, 4) is 6.01 Å². The Morgan fingerprint density at radius 1 is 1.17 bits per heavy atom. The normalized spacial score (nSPS) is 10.4. The van der Waals surface area contributed by atoms with Crippen molar-refractivity contribution in [1.29, 1.82) is 0 Å². The smallest absolute Gasteiger partial charge is 0.321 e. The maximum absolute atomic E-state index is 6.06. The molecule has 2 rings (SSSR count). The van der Waals surface area contributed by atoms with E-state index in [0.29, 0.717) is 16.8 Å². The third-order valence-electron chi connectivity index (χ3n) is 1.88. The maximum Gasteiger partial charge on any atom is 0.321 e. The van der Waals surface area contributed by atoms with E-state index >= 15 is 0 Å². The molecule has 0 bridgehead atoms. The van der Waals surface area contributed by atoms with Crippen LogP contribution in [0, 0.1) is 0 Å². The molecule has 0 fully saturated rings. The summed E-state index contributed by atoms with van der Waals surface area (Å²) in [6, 6.07) is 7.65. The second-order valence-electron chi connectivity index (χ2n) is 3.14. The fourth-order valence-corrected chi connectivity index (χ4v) is 2.40. The molecule has 1 heterocycles. The largest absolute Gasteiger partial charge is 0.464 e. The van der Waals surface area contributed by atoms with E-state index in [1.54, 1.807) is 6.07 Å². The van der Waals surface area contributed by atoms with Gasteiger partial charge in [0.05, 0.1) is 11.6 Å². The Balaban J connectivity index is 2.26. The number of rotatable bonds is 4. The first-order valence-electron chi connectivity index (χ1n) is 5.16. The molecule has 0 radical (unpaired) electrons. The second-order valence-corrected chi connectivity index (χ2v) is 4.89. The van der Waals surface area contributed by atoms with Crippen molar-refractivity contribution in [1.82, 2.24) is 15.0 Å². The molecule has 7 heteroatoms. The first-order valence-corrected chi connectivity index (χ1v) is 6.73. The molecular weight excluding hydrogens is 293 g/mol. The van der Waals surface area contributed by atoms with E-state index in [2.05, 4.69) is 15.0 Å². The number of benzene rings is 1. The summed E-state index contributed by atoms with van der Waals surface area (Å²) in [6.45, 7) is 2.31. The van der Waals surface area contributed by atoms with Gasteiger partial charge >= 0.3 is 6.01 Å². The van der Waals surface area contributed by atoms with E-state index in [9.17, 15) is 0 Å². The van der Waals surface area contributed by atoms with Gasteiger partial charge < -0.3 is 4.74 Å². The molecule has 0 amide bonds. The third kappa shape index (κ3) is 3.48. The van der Waals surface area contributed by atoms with Gasteiger partial charge in [-0.3, -0.25) is 0 Å². The quantitative estimate of drug-likeness (QED) is 0.861. The van der Waals surface area contributed by atoms with Gasteiger partial charge in [-0.25, -0.2) is 0 Å². The fourth-order valence-electron chi connectivity index (χ4n) is 1.18. The van der Waals surface area contributed by atoms with Crippen LogP contribution in [0.3, 0.4) is 0 Å². The van der Waals surface area contributed by atoms with Gasteiger partial charge in [0.25, 0.3) is 0 Å². The van der Waals surface area contributed by atoms with Crippen molar-refractivity contribution in [2.24, 2.45) is 0 Å². The highest BCUT2D eigenvalue weighted by Gasteiger charge is 2.09. The van der Waals surface area contributed by atoms with Gasteiger partial charge in [-0.05, 0) is 42.4 Å². The Morgan fingerprint density at radius 2 is 1.94 bits per heavy atom. The van der Waals surface area contributed by atoms with Crippen LogP contribution >= 0.6 is 35.0 Å². The molecule has 4 nitrogen and oxygen atoms in total. The number of aromatic nitrogens is 3. The molecule has 1 aromatic carbocycles. The van der Waals surface area contributed by atoms with Crippen molar-refractivity contribution in [2.45, 2.75) is 17.0 Å². The van der Waals surface area contributed by atoms with E-state index in [-0.39, 0.29) is 11.3 Å². The molecule has 94 valence electrons. The van der Waals surface area contributed by atoms with Crippen molar-refractivity contribution < 1.29 is 4.74 Å². The van der Waals surface area contributed by atoms with Crippen LogP contribution in [0.25, 0.3) is 0 Å². The van der Waals surface area contributed by atoms with Gasteiger partial charge in [-0.1, -0.05) is 23.7 Å². The first kappa shape index (κ1) is 13.4. The number of ether oxygens (including phenoxy) is 1. The maximum atomic E-state index is 6.06. The van der Waals surface area contributed by atoms with Gasteiger partial charge in [0.1, 0.15) is 0 Å². The van der Waals surface area contributed by atoms with Crippen LogP contribution in [-0.2, 0) is 0 Å². The zero-order chi connectivity index (χ0) is 13.0. The zero-order valence-corrected chi connectivity index (χ0v) is 11.8. The van der Waals surface area contributed by atoms with E-state index in [1.165, 1.54) is 11.8 Å². The monoisotopic (exact) mass is 301 g/mol. The van der Waals surface area contributed by atoms with Crippen LogP contribution in [0.4, 0.5) is 0 Å². The fraction of sp³-hybridized carbons (Fsp3) is 0.182. The summed E-state index contributed by atoms with van der Waals surface area (Å²) in [7, 11) is 0. The molecule has 0 saturated carbocycles. The van der Waals surface area contributed by atoms with E-state index in [1.807, 2.05) is 25.1 Å². The molecule has 0 aliphatic carbocycles. The summed E-state index contributed by atoms with van der Waals surface area (Å²) < 4.78 is 5.20. The molecule has 0 spiro atoms. The predicted octanol–water partition coefficient (Wildman–Crippen LogP) is 3.73. The Bertz CT molecular complexity index is 554. The van der Waals surface area contributed by atoms with Gasteiger partial charge in [-0.2, -0.15) is 15.0 Å². The molecule has 0 atom stereocenters. The lowest BCUT2D eigenvalue weighted by atomic mass is 10.4. The van der Waals surface area contributed by atoms with Crippen LogP contribution in [0.15, 0.2) is 34.3 Å². The highest BCUT2D eigenvalue weighted by Crippen LogP contribution is 2.31. The summed E-state index contributed by atoms with van der Waals surface area (Å²) in [5.74, 6) is 0. The Labute approximate surface area is 119 Å². The predicted molar refractivity (Wildman–Crippen MR) is 71.6 cm³/mol. The minimum atomic E-state index is 0.100. The average Bonchev–Trinajstić information content (AvgIpc) is 2.32. The van der Waals surface area contributed by atoms with E-state index in [4.69, 9.17) is 27.9 Å². The van der Waals surface area contributed by atoms with Crippen molar-refractivity contribution in [2.75, 3.05) is 6.61 Å². The molecule has 0 unspecified atom stereocenters. The van der Waals surface area contributed by atoms with Crippen molar-refractivity contribution in [3.05, 3.63) is 34.6 Å². The Kier molecular flexibility index (Phi) is 4.63. The van der Waals surface area contributed by atoms with E-state index < -0.39 is 0 Å². The highest BCUT2D eigenvalue weighted by molar-refractivity contribution is 7.99. The van der Waals surface area contributed by atoms with Gasteiger partial charge in [-0.15, -0.1) is 0 Å². The summed E-state index contributed by atoms with van der Waals surface area (Å²) in [5, 5.41) is 1.19. The molecular formula is C11H9Cl2N3OS. The summed E-state index contributed by atoms with van der Waals surface area (Å²) in [6.07, 6.45) is 0.